The molecule has 1 atom stereocenters. The highest BCUT2D eigenvalue weighted by Gasteiger charge is 2.30. The first-order chi connectivity index (χ1) is 13.9. The van der Waals surface area contributed by atoms with Crippen molar-refractivity contribution in [3.8, 4) is 5.75 Å². The van der Waals surface area contributed by atoms with E-state index in [1.807, 2.05) is 12.1 Å². The number of aryl methyl sites for hydroxylation is 3. The van der Waals surface area contributed by atoms with E-state index >= 15 is 0 Å². The molecule has 0 fully saturated rings. The van der Waals surface area contributed by atoms with Gasteiger partial charge in [0.1, 0.15) is 11.5 Å². The van der Waals surface area contributed by atoms with Crippen LogP contribution in [-0.2, 0) is 17.6 Å². The Labute approximate surface area is 177 Å². The van der Waals surface area contributed by atoms with Crippen molar-refractivity contribution in [3.05, 3.63) is 64.4 Å². The zero-order valence-corrected chi connectivity index (χ0v) is 18.3. The van der Waals surface area contributed by atoms with Crippen LogP contribution in [0.1, 0.15) is 55.4 Å². The first kappa shape index (κ1) is 21.5. The quantitative estimate of drug-likeness (QED) is 0.529. The van der Waals surface area contributed by atoms with Crippen LogP contribution in [0.15, 0.2) is 47.1 Å². The van der Waals surface area contributed by atoms with Gasteiger partial charge in [-0.2, -0.15) is 0 Å². The van der Waals surface area contributed by atoms with Crippen LogP contribution in [0, 0.1) is 12.8 Å². The maximum Gasteiger partial charge on any atom is 0.167 e. The van der Waals surface area contributed by atoms with Crippen molar-refractivity contribution in [2.45, 2.75) is 57.8 Å². The van der Waals surface area contributed by atoms with Gasteiger partial charge in [-0.1, -0.05) is 31.5 Å². The number of aromatic hydroxyl groups is 1. The van der Waals surface area contributed by atoms with Gasteiger partial charge >= 0.3 is 0 Å². The third-order valence-electron chi connectivity index (χ3n) is 5.61. The smallest absolute Gasteiger partial charge is 0.167 e. The second-order valence-corrected chi connectivity index (χ2v) is 8.98. The minimum Gasteiger partial charge on any atom is -0.512 e. The number of phenols is 1. The van der Waals surface area contributed by atoms with Gasteiger partial charge in [-0.05, 0) is 78.8 Å². The van der Waals surface area contributed by atoms with Crippen LogP contribution in [0.5, 0.6) is 5.75 Å². The van der Waals surface area contributed by atoms with Crippen LogP contribution in [0.2, 0.25) is 0 Å². The van der Waals surface area contributed by atoms with Crippen molar-refractivity contribution in [2.75, 3.05) is 5.75 Å². The van der Waals surface area contributed by atoms with Gasteiger partial charge in [0.25, 0.3) is 0 Å². The van der Waals surface area contributed by atoms with Crippen LogP contribution in [0.3, 0.4) is 0 Å². The zero-order valence-electron chi connectivity index (χ0n) is 17.5. The van der Waals surface area contributed by atoms with E-state index in [9.17, 15) is 15.0 Å². The first-order valence-electron chi connectivity index (χ1n) is 10.4. The number of hydrogen-bond acceptors (Lipinski definition) is 4. The van der Waals surface area contributed by atoms with Crippen LogP contribution < -0.4 is 0 Å². The molecule has 154 valence electrons. The Morgan fingerprint density at radius 2 is 1.62 bits per heavy atom. The predicted molar refractivity (Wildman–Crippen MR) is 121 cm³/mol. The molecule has 29 heavy (non-hydrogen) atoms. The molecule has 0 aromatic heterocycles. The number of thioether (sulfide) groups is 1. The Balaban J connectivity index is 1.75. The summed E-state index contributed by atoms with van der Waals surface area (Å²) in [5.41, 5.74) is 5.03. The van der Waals surface area contributed by atoms with Crippen molar-refractivity contribution in [1.29, 1.82) is 0 Å². The number of phenolic OH excluding ortho intramolecular Hbond substituents is 1. The zero-order chi connectivity index (χ0) is 21.0. The molecule has 2 N–H and O–H groups in total. The second-order valence-electron chi connectivity index (χ2n) is 7.82. The maximum atomic E-state index is 13.1. The van der Waals surface area contributed by atoms with E-state index in [1.54, 1.807) is 23.9 Å². The lowest BCUT2D eigenvalue weighted by atomic mass is 9.79. The van der Waals surface area contributed by atoms with E-state index in [0.29, 0.717) is 18.4 Å². The molecule has 0 aliphatic heterocycles. The fourth-order valence-electron chi connectivity index (χ4n) is 4.17. The predicted octanol–water partition coefficient (Wildman–Crippen LogP) is 6.26. The summed E-state index contributed by atoms with van der Waals surface area (Å²) < 4.78 is 0. The van der Waals surface area contributed by atoms with E-state index in [0.717, 1.165) is 46.6 Å². The summed E-state index contributed by atoms with van der Waals surface area (Å²) in [6.45, 7) is 6.29. The molecule has 4 heteroatoms. The number of aliphatic hydroxyl groups excluding tert-OH is 1. The molecule has 0 saturated heterocycles. The van der Waals surface area contributed by atoms with Crippen LogP contribution in [0.4, 0.5) is 0 Å². The van der Waals surface area contributed by atoms with Crippen LogP contribution >= 0.6 is 11.8 Å². The molecular formula is C25H30O3S. The molecule has 3 rings (SSSR count). The van der Waals surface area contributed by atoms with E-state index in [2.05, 4.69) is 32.9 Å². The molecule has 2 aromatic rings. The summed E-state index contributed by atoms with van der Waals surface area (Å²) in [5.74, 6) is 1.66. The summed E-state index contributed by atoms with van der Waals surface area (Å²) in [6.07, 6.45) is 3.64. The SMILES string of the molecule is CCc1cc(C)cc(CC)c1C1=C(O)CC(CCSc2ccc(O)cc2)CC1=O. The fraction of sp³-hybridized carbons (Fsp3) is 0.400. The van der Waals surface area contributed by atoms with Crippen molar-refractivity contribution in [3.63, 3.8) is 0 Å². The van der Waals surface area contributed by atoms with Crippen molar-refractivity contribution >= 4 is 23.1 Å². The highest BCUT2D eigenvalue weighted by Crippen LogP contribution is 2.38. The Morgan fingerprint density at radius 1 is 1.00 bits per heavy atom. The highest BCUT2D eigenvalue weighted by atomic mass is 32.2. The molecule has 0 radical (unpaired) electrons. The average Bonchev–Trinajstić information content (AvgIpc) is 2.69. The molecule has 1 unspecified atom stereocenters. The summed E-state index contributed by atoms with van der Waals surface area (Å²) in [5, 5.41) is 20.2. The van der Waals surface area contributed by atoms with Crippen molar-refractivity contribution < 1.29 is 15.0 Å². The molecule has 0 heterocycles. The molecule has 1 aliphatic rings. The molecular weight excluding hydrogens is 380 g/mol. The number of carbonyl (C=O) groups is 1. The second kappa shape index (κ2) is 9.53. The number of benzene rings is 2. The van der Waals surface area contributed by atoms with E-state index in [-0.39, 0.29) is 23.2 Å². The minimum atomic E-state index is 0.0710. The normalized spacial score (nSPS) is 17.1. The van der Waals surface area contributed by atoms with Crippen LogP contribution in [0.25, 0.3) is 5.57 Å². The molecule has 0 spiro atoms. The maximum absolute atomic E-state index is 13.1. The highest BCUT2D eigenvalue weighted by molar-refractivity contribution is 7.99. The van der Waals surface area contributed by atoms with Gasteiger partial charge in [0.15, 0.2) is 5.78 Å². The Hall–Kier alpha value is -2.20. The minimum absolute atomic E-state index is 0.0710. The van der Waals surface area contributed by atoms with Gasteiger partial charge in [-0.15, -0.1) is 11.8 Å². The Bertz CT molecular complexity index is 887. The number of hydrogen-bond donors (Lipinski definition) is 2. The van der Waals surface area contributed by atoms with E-state index in [1.165, 1.54) is 5.56 Å². The lowest BCUT2D eigenvalue weighted by molar-refractivity contribution is -0.115. The first-order valence-corrected chi connectivity index (χ1v) is 11.4. The molecule has 0 bridgehead atoms. The number of aliphatic hydroxyl groups is 1. The van der Waals surface area contributed by atoms with E-state index < -0.39 is 0 Å². The number of rotatable bonds is 7. The van der Waals surface area contributed by atoms with Crippen molar-refractivity contribution in [2.24, 2.45) is 5.92 Å². The third kappa shape index (κ3) is 5.05. The van der Waals surface area contributed by atoms with Gasteiger partial charge < -0.3 is 10.2 Å². The van der Waals surface area contributed by atoms with Crippen molar-refractivity contribution in [1.82, 2.24) is 0 Å². The summed E-state index contributed by atoms with van der Waals surface area (Å²) in [7, 11) is 0. The Kier molecular flexibility index (Phi) is 7.07. The molecule has 1 aliphatic carbocycles. The average molecular weight is 411 g/mol. The largest absolute Gasteiger partial charge is 0.512 e. The van der Waals surface area contributed by atoms with Gasteiger partial charge in [0.05, 0.1) is 5.57 Å². The Morgan fingerprint density at radius 3 is 2.17 bits per heavy atom. The number of ketones is 1. The number of carbonyl (C=O) groups excluding carboxylic acids is 1. The van der Waals surface area contributed by atoms with Gasteiger partial charge in [0.2, 0.25) is 0 Å². The topological polar surface area (TPSA) is 57.5 Å². The summed E-state index contributed by atoms with van der Waals surface area (Å²) in [4.78, 5) is 14.2. The summed E-state index contributed by atoms with van der Waals surface area (Å²) >= 11 is 1.72. The standard InChI is InChI=1S/C25H30O3S/c1-4-18-12-16(3)13-19(5-2)24(18)25-22(27)14-17(15-23(25)28)10-11-29-21-8-6-20(26)7-9-21/h6-9,12-13,17,26-27H,4-5,10-11,14-15H2,1-3H3. The monoisotopic (exact) mass is 410 g/mol. The number of allylic oxidation sites excluding steroid dienone is 2. The lowest BCUT2D eigenvalue weighted by Gasteiger charge is -2.26. The third-order valence-corrected chi connectivity index (χ3v) is 6.66. The summed E-state index contributed by atoms with van der Waals surface area (Å²) in [6, 6.07) is 11.5. The van der Waals surface area contributed by atoms with Gasteiger partial charge in [-0.25, -0.2) is 0 Å². The number of Topliss-reactive ketones (excluding diaryl/α,β-unsaturated/α-hetero) is 1. The molecule has 2 aromatic carbocycles. The fourth-order valence-corrected chi connectivity index (χ4v) is 5.18. The van der Waals surface area contributed by atoms with Gasteiger partial charge in [0, 0.05) is 17.7 Å². The van der Waals surface area contributed by atoms with E-state index in [4.69, 9.17) is 0 Å². The molecule has 0 saturated carbocycles. The molecule has 3 nitrogen and oxygen atoms in total. The lowest BCUT2D eigenvalue weighted by Crippen LogP contribution is -2.21. The molecule has 0 amide bonds. The van der Waals surface area contributed by atoms with Gasteiger partial charge in [-0.3, -0.25) is 4.79 Å². The van der Waals surface area contributed by atoms with Crippen LogP contribution in [-0.4, -0.2) is 21.7 Å².